The number of carbonyl (C=O) groups is 2. The van der Waals surface area contributed by atoms with Crippen LogP contribution in [0.25, 0.3) is 0 Å². The summed E-state index contributed by atoms with van der Waals surface area (Å²) in [6, 6.07) is 19.2. The Morgan fingerprint density at radius 1 is 1.00 bits per heavy atom. The zero-order chi connectivity index (χ0) is 21.3. The second kappa shape index (κ2) is 10.8. The Morgan fingerprint density at radius 2 is 1.73 bits per heavy atom. The van der Waals surface area contributed by atoms with Gasteiger partial charge in [0.15, 0.2) is 0 Å². The second-order valence-electron chi connectivity index (χ2n) is 6.56. The third-order valence-electron chi connectivity index (χ3n) is 4.56. The predicted molar refractivity (Wildman–Crippen MR) is 120 cm³/mol. The number of rotatable bonds is 8. The molecule has 7 heteroatoms. The fourth-order valence-corrected chi connectivity index (χ4v) is 3.51. The van der Waals surface area contributed by atoms with E-state index >= 15 is 0 Å². The molecule has 0 fully saturated rings. The summed E-state index contributed by atoms with van der Waals surface area (Å²) >= 11 is 12.2. The lowest BCUT2D eigenvalue weighted by atomic mass is 10.0. The molecule has 1 atom stereocenters. The molecule has 0 aliphatic heterocycles. The number of halogens is 2. The van der Waals surface area contributed by atoms with Crippen LogP contribution in [0.3, 0.4) is 0 Å². The normalized spacial score (nSPS) is 11.5. The maximum absolute atomic E-state index is 13.3. The quantitative estimate of drug-likeness (QED) is 0.526. The van der Waals surface area contributed by atoms with Gasteiger partial charge < -0.3 is 5.32 Å². The summed E-state index contributed by atoms with van der Waals surface area (Å²) in [6.07, 6.45) is 3.84. The van der Waals surface area contributed by atoms with E-state index in [0.717, 1.165) is 5.56 Å². The zero-order valence-electron chi connectivity index (χ0n) is 16.2. The van der Waals surface area contributed by atoms with Gasteiger partial charge in [0.05, 0.1) is 10.7 Å². The smallest absolute Gasteiger partial charge is 0.247 e. The van der Waals surface area contributed by atoms with Gasteiger partial charge in [-0.3, -0.25) is 19.5 Å². The molecule has 1 heterocycles. The monoisotopic (exact) mass is 441 g/mol. The third kappa shape index (κ3) is 5.38. The minimum absolute atomic E-state index is 0.292. The predicted octanol–water partition coefficient (Wildman–Crippen LogP) is 4.41. The lowest BCUT2D eigenvalue weighted by Gasteiger charge is -2.31. The minimum atomic E-state index is -0.958. The number of nitrogens with zero attached hydrogens (tertiary/aromatic N) is 2. The first-order valence-corrected chi connectivity index (χ1v) is 10.4. The Hall–Kier alpha value is -2.89. The summed E-state index contributed by atoms with van der Waals surface area (Å²) in [5.74, 6) is -1.06. The van der Waals surface area contributed by atoms with Crippen molar-refractivity contribution < 1.29 is 9.59 Å². The van der Waals surface area contributed by atoms with Gasteiger partial charge in [-0.05, 0) is 30.2 Å². The summed E-state index contributed by atoms with van der Waals surface area (Å²) in [5.41, 5.74) is 2.08. The molecule has 3 aromatic rings. The molecule has 2 amide bonds. The number of benzene rings is 2. The van der Waals surface area contributed by atoms with Gasteiger partial charge in [-0.2, -0.15) is 0 Å². The van der Waals surface area contributed by atoms with E-state index in [2.05, 4.69) is 10.3 Å². The van der Waals surface area contributed by atoms with Crippen molar-refractivity contribution in [1.82, 2.24) is 10.3 Å². The first-order chi connectivity index (χ1) is 14.6. The minimum Gasteiger partial charge on any atom is -0.354 e. The van der Waals surface area contributed by atoms with Crippen LogP contribution in [0.1, 0.15) is 17.2 Å². The molecule has 1 aromatic heterocycles. The first-order valence-electron chi connectivity index (χ1n) is 9.46. The topological polar surface area (TPSA) is 62.3 Å². The van der Waals surface area contributed by atoms with Gasteiger partial charge in [0, 0.05) is 24.5 Å². The number of amides is 2. The third-order valence-corrected chi connectivity index (χ3v) is 5.11. The Kier molecular flexibility index (Phi) is 7.82. The van der Waals surface area contributed by atoms with Crippen LogP contribution in [-0.2, 0) is 16.0 Å². The highest BCUT2D eigenvalue weighted by atomic mass is 35.5. The Labute approximate surface area is 185 Å². The van der Waals surface area contributed by atoms with Gasteiger partial charge in [-0.1, -0.05) is 60.1 Å². The summed E-state index contributed by atoms with van der Waals surface area (Å²) < 4.78 is 0. The van der Waals surface area contributed by atoms with Gasteiger partial charge in [0.2, 0.25) is 11.8 Å². The Morgan fingerprint density at radius 3 is 2.40 bits per heavy atom. The molecular formula is C23H21Cl2N3O2. The van der Waals surface area contributed by atoms with Gasteiger partial charge in [0.25, 0.3) is 0 Å². The van der Waals surface area contributed by atoms with E-state index in [1.54, 1.807) is 48.8 Å². The van der Waals surface area contributed by atoms with Gasteiger partial charge in [-0.25, -0.2) is 0 Å². The van der Waals surface area contributed by atoms with Crippen molar-refractivity contribution in [3.05, 3.63) is 95.3 Å². The largest absolute Gasteiger partial charge is 0.354 e. The highest BCUT2D eigenvalue weighted by Crippen LogP contribution is 2.33. The number of hydrogen-bond donors (Lipinski definition) is 1. The fourth-order valence-electron chi connectivity index (χ4n) is 3.16. The molecule has 5 nitrogen and oxygen atoms in total. The van der Waals surface area contributed by atoms with Crippen molar-refractivity contribution in [2.24, 2.45) is 0 Å². The zero-order valence-corrected chi connectivity index (χ0v) is 17.7. The van der Waals surface area contributed by atoms with Crippen LogP contribution in [0, 0.1) is 0 Å². The molecule has 0 bridgehead atoms. The molecule has 0 aliphatic rings. The highest BCUT2D eigenvalue weighted by Gasteiger charge is 2.33. The van der Waals surface area contributed by atoms with Crippen LogP contribution in [0.4, 0.5) is 5.69 Å². The number of nitrogens with one attached hydrogen (secondary N) is 1. The summed E-state index contributed by atoms with van der Waals surface area (Å²) in [4.78, 5) is 31.5. The van der Waals surface area contributed by atoms with Crippen LogP contribution in [0.5, 0.6) is 0 Å². The molecule has 2 aromatic carbocycles. The molecule has 0 saturated carbocycles. The number of carbonyl (C=O) groups excluding carboxylic acids is 2. The molecule has 0 saturated heterocycles. The van der Waals surface area contributed by atoms with Crippen molar-refractivity contribution in [3.63, 3.8) is 0 Å². The fraction of sp³-hybridized carbons (Fsp3) is 0.174. The highest BCUT2D eigenvalue weighted by molar-refractivity contribution is 6.35. The van der Waals surface area contributed by atoms with Crippen molar-refractivity contribution in [2.75, 3.05) is 17.3 Å². The van der Waals surface area contributed by atoms with Crippen LogP contribution in [0.2, 0.25) is 5.02 Å². The lowest BCUT2D eigenvalue weighted by Crippen LogP contribution is -2.45. The maximum atomic E-state index is 13.3. The van der Waals surface area contributed by atoms with Gasteiger partial charge in [0.1, 0.15) is 11.9 Å². The number of aromatic nitrogens is 1. The Balaban J connectivity index is 1.91. The standard InChI is InChI=1S/C23H21Cl2N3O2/c24-15-21(29)28(20-11-5-4-10-19(20)25)22(18-9-6-13-26-16-18)23(30)27-14-12-17-7-2-1-3-8-17/h1-11,13,16,22H,12,14-15H2,(H,27,30)/t22-/m0/s1. The summed E-state index contributed by atoms with van der Waals surface area (Å²) in [5, 5.41) is 3.28. The molecule has 154 valence electrons. The number of pyridine rings is 1. The van der Waals surface area contributed by atoms with Crippen molar-refractivity contribution >= 4 is 40.7 Å². The van der Waals surface area contributed by atoms with Crippen LogP contribution >= 0.6 is 23.2 Å². The number of hydrogen-bond acceptors (Lipinski definition) is 3. The molecule has 0 spiro atoms. The van der Waals surface area contributed by atoms with Crippen molar-refractivity contribution in [2.45, 2.75) is 12.5 Å². The van der Waals surface area contributed by atoms with Crippen LogP contribution in [-0.4, -0.2) is 29.2 Å². The van der Waals surface area contributed by atoms with E-state index < -0.39 is 11.9 Å². The van der Waals surface area contributed by atoms with E-state index in [9.17, 15) is 9.59 Å². The van der Waals surface area contributed by atoms with Gasteiger partial charge in [-0.15, -0.1) is 11.6 Å². The van der Waals surface area contributed by atoms with Crippen molar-refractivity contribution in [3.8, 4) is 0 Å². The van der Waals surface area contributed by atoms with Crippen LogP contribution in [0.15, 0.2) is 79.1 Å². The molecule has 30 heavy (non-hydrogen) atoms. The van der Waals surface area contributed by atoms with E-state index in [4.69, 9.17) is 23.2 Å². The lowest BCUT2D eigenvalue weighted by molar-refractivity contribution is -0.125. The maximum Gasteiger partial charge on any atom is 0.247 e. The van der Waals surface area contributed by atoms with E-state index in [-0.39, 0.29) is 11.8 Å². The average molecular weight is 442 g/mol. The molecule has 0 aliphatic carbocycles. The van der Waals surface area contributed by atoms with Crippen LogP contribution < -0.4 is 10.2 Å². The second-order valence-corrected chi connectivity index (χ2v) is 7.24. The molecule has 0 radical (unpaired) electrons. The number of alkyl halides is 1. The van der Waals surface area contributed by atoms with E-state index in [0.29, 0.717) is 29.2 Å². The van der Waals surface area contributed by atoms with E-state index in [1.165, 1.54) is 4.90 Å². The summed E-state index contributed by atoms with van der Waals surface area (Å²) in [6.45, 7) is 0.422. The molecular weight excluding hydrogens is 421 g/mol. The number of anilines is 1. The Bertz CT molecular complexity index is 984. The summed E-state index contributed by atoms with van der Waals surface area (Å²) in [7, 11) is 0. The number of para-hydroxylation sites is 1. The average Bonchev–Trinajstić information content (AvgIpc) is 2.79. The van der Waals surface area contributed by atoms with Gasteiger partial charge >= 0.3 is 0 Å². The first kappa shape index (κ1) is 21.8. The molecule has 3 rings (SSSR count). The molecule has 1 N–H and O–H groups in total. The van der Waals surface area contributed by atoms with E-state index in [1.807, 2.05) is 30.3 Å². The molecule has 0 unspecified atom stereocenters. The van der Waals surface area contributed by atoms with Crippen molar-refractivity contribution in [1.29, 1.82) is 0 Å². The SMILES string of the molecule is O=C(NCCc1ccccc1)[C@H](c1cccnc1)N(C(=O)CCl)c1ccccc1Cl.